The van der Waals surface area contributed by atoms with Gasteiger partial charge in [0.15, 0.2) is 0 Å². The van der Waals surface area contributed by atoms with Gasteiger partial charge >= 0.3 is 12.0 Å². The zero-order valence-electron chi connectivity index (χ0n) is 9.21. The third kappa shape index (κ3) is 7.54. The van der Waals surface area contributed by atoms with Crippen molar-refractivity contribution in [1.82, 2.24) is 10.6 Å². The number of hydrogen-bond donors (Lipinski definition) is 2. The van der Waals surface area contributed by atoms with Crippen LogP contribution < -0.4 is 10.6 Å². The van der Waals surface area contributed by atoms with E-state index in [0.717, 1.165) is 0 Å². The van der Waals surface area contributed by atoms with Crippen LogP contribution in [-0.2, 0) is 9.53 Å². The largest absolute Gasteiger partial charge is 0.465 e. The molecule has 0 saturated heterocycles. The number of ether oxygens (including phenoxy) is 1. The molecular weight excluding hydrogens is 196 g/mol. The highest BCUT2D eigenvalue weighted by atomic mass is 16.5. The Morgan fingerprint density at radius 2 is 2.20 bits per heavy atom. The Morgan fingerprint density at radius 3 is 2.73 bits per heavy atom. The summed E-state index contributed by atoms with van der Waals surface area (Å²) >= 11 is 0. The molecule has 0 aromatic carbocycles. The number of urea groups is 1. The monoisotopic (exact) mass is 214 g/mol. The van der Waals surface area contributed by atoms with E-state index < -0.39 is 5.97 Å². The van der Waals surface area contributed by atoms with Crippen molar-refractivity contribution < 1.29 is 14.3 Å². The van der Waals surface area contributed by atoms with Crippen LogP contribution in [0.25, 0.3) is 0 Å². The van der Waals surface area contributed by atoms with Crippen LogP contribution >= 0.6 is 0 Å². The minimum absolute atomic E-state index is 0.00435. The lowest BCUT2D eigenvalue weighted by atomic mass is 10.2. The summed E-state index contributed by atoms with van der Waals surface area (Å²) < 4.78 is 4.65. The first-order chi connectivity index (χ1) is 7.10. The van der Waals surface area contributed by atoms with Crippen LogP contribution in [0.1, 0.15) is 20.3 Å². The fraction of sp³-hybridized carbons (Fsp3) is 0.600. The van der Waals surface area contributed by atoms with Crippen molar-refractivity contribution in [3.63, 3.8) is 0 Å². The lowest BCUT2D eigenvalue weighted by Crippen LogP contribution is -2.42. The van der Waals surface area contributed by atoms with Gasteiger partial charge in [0.1, 0.15) is 6.54 Å². The summed E-state index contributed by atoms with van der Waals surface area (Å²) in [7, 11) is 0. The average molecular weight is 214 g/mol. The minimum atomic E-state index is -0.441. The molecule has 0 rings (SSSR count). The van der Waals surface area contributed by atoms with Gasteiger partial charge in [-0.3, -0.25) is 4.79 Å². The van der Waals surface area contributed by atoms with Gasteiger partial charge in [-0.15, -0.1) is 6.58 Å². The van der Waals surface area contributed by atoms with E-state index in [-0.39, 0.29) is 18.6 Å². The summed E-state index contributed by atoms with van der Waals surface area (Å²) in [6, 6.07) is -0.373. The second-order valence-corrected chi connectivity index (χ2v) is 3.06. The highest BCUT2D eigenvalue weighted by Crippen LogP contribution is 1.89. The second-order valence-electron chi connectivity index (χ2n) is 3.06. The van der Waals surface area contributed by atoms with E-state index in [1.807, 2.05) is 6.92 Å². The molecule has 1 atom stereocenters. The molecule has 86 valence electrons. The Hall–Kier alpha value is -1.52. The van der Waals surface area contributed by atoms with Crippen LogP contribution in [0, 0.1) is 0 Å². The smallest absolute Gasteiger partial charge is 0.325 e. The van der Waals surface area contributed by atoms with Crippen molar-refractivity contribution >= 4 is 12.0 Å². The van der Waals surface area contributed by atoms with E-state index in [2.05, 4.69) is 21.9 Å². The van der Waals surface area contributed by atoms with E-state index in [4.69, 9.17) is 0 Å². The Kier molecular flexibility index (Phi) is 7.05. The number of rotatable bonds is 6. The van der Waals surface area contributed by atoms with Gasteiger partial charge in [-0.2, -0.15) is 0 Å². The average Bonchev–Trinajstić information content (AvgIpc) is 2.15. The van der Waals surface area contributed by atoms with Gasteiger partial charge in [0.25, 0.3) is 0 Å². The first-order valence-electron chi connectivity index (χ1n) is 4.91. The summed E-state index contributed by atoms with van der Waals surface area (Å²) in [5.74, 6) is -0.441. The van der Waals surface area contributed by atoms with E-state index in [1.165, 1.54) is 0 Å². The molecule has 2 N–H and O–H groups in total. The third-order valence-corrected chi connectivity index (χ3v) is 1.60. The minimum Gasteiger partial charge on any atom is -0.465 e. The van der Waals surface area contributed by atoms with Gasteiger partial charge in [-0.1, -0.05) is 6.08 Å². The van der Waals surface area contributed by atoms with Gasteiger partial charge in [0.05, 0.1) is 6.61 Å². The first kappa shape index (κ1) is 13.5. The zero-order valence-corrected chi connectivity index (χ0v) is 9.21. The number of amides is 2. The molecule has 0 aromatic heterocycles. The Morgan fingerprint density at radius 1 is 1.53 bits per heavy atom. The van der Waals surface area contributed by atoms with Crippen LogP contribution in [0.5, 0.6) is 0 Å². The molecule has 0 radical (unpaired) electrons. The van der Waals surface area contributed by atoms with Crippen LogP contribution in [0.15, 0.2) is 12.7 Å². The van der Waals surface area contributed by atoms with Crippen LogP contribution in [0.3, 0.4) is 0 Å². The number of nitrogens with one attached hydrogen (secondary N) is 2. The van der Waals surface area contributed by atoms with E-state index in [0.29, 0.717) is 13.0 Å². The fourth-order valence-corrected chi connectivity index (χ4v) is 0.948. The molecule has 0 aliphatic rings. The number of esters is 1. The predicted octanol–water partition coefficient (Wildman–Crippen LogP) is 0.813. The predicted molar refractivity (Wildman–Crippen MR) is 57.4 cm³/mol. The highest BCUT2D eigenvalue weighted by Gasteiger charge is 2.07. The molecule has 0 bridgehead atoms. The highest BCUT2D eigenvalue weighted by molar-refractivity contribution is 5.80. The normalized spacial score (nSPS) is 11.3. The van der Waals surface area contributed by atoms with E-state index >= 15 is 0 Å². The molecule has 0 aliphatic carbocycles. The maximum absolute atomic E-state index is 11.2. The van der Waals surface area contributed by atoms with Crippen LogP contribution in [-0.4, -0.2) is 31.2 Å². The molecule has 0 saturated carbocycles. The van der Waals surface area contributed by atoms with Crippen LogP contribution in [0.4, 0.5) is 4.79 Å². The van der Waals surface area contributed by atoms with Crippen molar-refractivity contribution in [2.24, 2.45) is 0 Å². The number of carbonyl (C=O) groups is 2. The van der Waals surface area contributed by atoms with E-state index in [9.17, 15) is 9.59 Å². The standard InChI is InChI=1S/C10H18N2O3/c1-4-6-8(3)12-10(14)11-7-9(13)15-5-2/h4,8H,1,5-7H2,2-3H3,(H2,11,12,14). The lowest BCUT2D eigenvalue weighted by Gasteiger charge is -2.12. The van der Waals surface area contributed by atoms with Crippen molar-refractivity contribution in [2.45, 2.75) is 26.3 Å². The summed E-state index contributed by atoms with van der Waals surface area (Å²) in [4.78, 5) is 22.1. The van der Waals surface area contributed by atoms with Crippen molar-refractivity contribution in [3.05, 3.63) is 12.7 Å². The molecule has 0 spiro atoms. The van der Waals surface area contributed by atoms with Crippen molar-refractivity contribution in [1.29, 1.82) is 0 Å². The maximum Gasteiger partial charge on any atom is 0.325 e. The first-order valence-corrected chi connectivity index (χ1v) is 4.91. The topological polar surface area (TPSA) is 67.4 Å². The Balaban J connectivity index is 3.65. The molecule has 0 aromatic rings. The van der Waals surface area contributed by atoms with Gasteiger partial charge < -0.3 is 15.4 Å². The molecular formula is C10H18N2O3. The Labute approximate surface area is 89.9 Å². The van der Waals surface area contributed by atoms with Crippen molar-refractivity contribution in [2.75, 3.05) is 13.2 Å². The third-order valence-electron chi connectivity index (χ3n) is 1.60. The molecule has 15 heavy (non-hydrogen) atoms. The Bertz CT molecular complexity index is 229. The quantitative estimate of drug-likeness (QED) is 0.508. The molecule has 0 aliphatic heterocycles. The maximum atomic E-state index is 11.2. The molecule has 0 heterocycles. The summed E-state index contributed by atoms with van der Waals surface area (Å²) in [5.41, 5.74) is 0. The van der Waals surface area contributed by atoms with Gasteiger partial charge in [-0.05, 0) is 20.3 Å². The van der Waals surface area contributed by atoms with Gasteiger partial charge in [0.2, 0.25) is 0 Å². The zero-order chi connectivity index (χ0) is 11.7. The van der Waals surface area contributed by atoms with Gasteiger partial charge in [0, 0.05) is 6.04 Å². The molecule has 2 amide bonds. The van der Waals surface area contributed by atoms with E-state index in [1.54, 1.807) is 13.0 Å². The number of hydrogen-bond acceptors (Lipinski definition) is 3. The van der Waals surface area contributed by atoms with Crippen LogP contribution in [0.2, 0.25) is 0 Å². The van der Waals surface area contributed by atoms with Crippen molar-refractivity contribution in [3.8, 4) is 0 Å². The van der Waals surface area contributed by atoms with Gasteiger partial charge in [-0.25, -0.2) is 4.79 Å². The molecule has 5 heteroatoms. The summed E-state index contributed by atoms with van der Waals surface area (Å²) in [6.07, 6.45) is 2.41. The lowest BCUT2D eigenvalue weighted by molar-refractivity contribution is -0.141. The second kappa shape index (κ2) is 7.84. The fourth-order valence-electron chi connectivity index (χ4n) is 0.948. The summed E-state index contributed by atoms with van der Waals surface area (Å²) in [6.45, 7) is 7.33. The molecule has 0 fully saturated rings. The summed E-state index contributed by atoms with van der Waals surface area (Å²) in [5, 5.41) is 5.05. The SMILES string of the molecule is C=CCC(C)NC(=O)NCC(=O)OCC. The molecule has 5 nitrogen and oxygen atoms in total. The molecule has 1 unspecified atom stereocenters. The number of carbonyl (C=O) groups excluding carboxylic acids is 2.